The summed E-state index contributed by atoms with van der Waals surface area (Å²) in [4.78, 5) is 12.6. The molecule has 98 valence electrons. The SMILES string of the molecule is Cc1cc([N+](=O)[O-])ccc1N1C[C@H](C)O[C@@H](C)C1. The van der Waals surface area contributed by atoms with Gasteiger partial charge in [-0.2, -0.15) is 0 Å². The highest BCUT2D eigenvalue weighted by molar-refractivity contribution is 5.57. The number of benzene rings is 1. The summed E-state index contributed by atoms with van der Waals surface area (Å²) in [6.45, 7) is 7.64. The molecule has 0 saturated carbocycles. The fourth-order valence-corrected chi connectivity index (χ4v) is 2.48. The van der Waals surface area contributed by atoms with Gasteiger partial charge in [0.15, 0.2) is 0 Å². The maximum Gasteiger partial charge on any atom is 0.269 e. The zero-order valence-corrected chi connectivity index (χ0v) is 10.9. The number of nitro groups is 1. The van der Waals surface area contributed by atoms with E-state index in [4.69, 9.17) is 4.74 Å². The fourth-order valence-electron chi connectivity index (χ4n) is 2.48. The number of morpholine rings is 1. The van der Waals surface area contributed by atoms with E-state index in [1.54, 1.807) is 12.1 Å². The lowest BCUT2D eigenvalue weighted by atomic mass is 10.1. The van der Waals surface area contributed by atoms with E-state index < -0.39 is 0 Å². The molecule has 0 amide bonds. The molecule has 0 bridgehead atoms. The molecule has 5 heteroatoms. The van der Waals surface area contributed by atoms with Gasteiger partial charge >= 0.3 is 0 Å². The summed E-state index contributed by atoms with van der Waals surface area (Å²) in [7, 11) is 0. The highest BCUT2D eigenvalue weighted by atomic mass is 16.6. The number of ether oxygens (including phenoxy) is 1. The van der Waals surface area contributed by atoms with Gasteiger partial charge < -0.3 is 9.64 Å². The molecule has 18 heavy (non-hydrogen) atoms. The Morgan fingerprint density at radius 1 is 1.33 bits per heavy atom. The van der Waals surface area contributed by atoms with Crippen LogP contribution in [-0.4, -0.2) is 30.2 Å². The number of hydrogen-bond acceptors (Lipinski definition) is 4. The molecule has 0 aliphatic carbocycles. The van der Waals surface area contributed by atoms with E-state index in [0.717, 1.165) is 24.3 Å². The number of hydrogen-bond donors (Lipinski definition) is 0. The molecule has 5 nitrogen and oxygen atoms in total. The smallest absolute Gasteiger partial charge is 0.269 e. The van der Waals surface area contributed by atoms with Gasteiger partial charge in [0.1, 0.15) is 0 Å². The number of anilines is 1. The third kappa shape index (κ3) is 2.61. The van der Waals surface area contributed by atoms with Crippen molar-refractivity contribution in [3.8, 4) is 0 Å². The number of nitrogens with zero attached hydrogens (tertiary/aromatic N) is 2. The summed E-state index contributed by atoms with van der Waals surface area (Å²) in [6.07, 6.45) is 0.367. The van der Waals surface area contributed by atoms with E-state index in [9.17, 15) is 10.1 Å². The lowest BCUT2D eigenvalue weighted by molar-refractivity contribution is -0.384. The molecule has 1 aliphatic rings. The Bertz CT molecular complexity index is 452. The molecule has 1 heterocycles. The van der Waals surface area contributed by atoms with Crippen LogP contribution in [0.15, 0.2) is 18.2 Å². The van der Waals surface area contributed by atoms with Gasteiger partial charge in [-0.05, 0) is 32.4 Å². The molecule has 2 atom stereocenters. The number of non-ortho nitro benzene ring substituents is 1. The van der Waals surface area contributed by atoms with E-state index in [0.29, 0.717) is 0 Å². The van der Waals surface area contributed by atoms with Gasteiger partial charge in [0.2, 0.25) is 0 Å². The van der Waals surface area contributed by atoms with Gasteiger partial charge in [-0.3, -0.25) is 10.1 Å². The second-order valence-electron chi connectivity index (χ2n) is 4.89. The Kier molecular flexibility index (Phi) is 3.52. The quantitative estimate of drug-likeness (QED) is 0.598. The van der Waals surface area contributed by atoms with Crippen LogP contribution in [0.1, 0.15) is 19.4 Å². The van der Waals surface area contributed by atoms with Crippen LogP contribution in [0.4, 0.5) is 11.4 Å². The van der Waals surface area contributed by atoms with Crippen LogP contribution in [0, 0.1) is 17.0 Å². The van der Waals surface area contributed by atoms with Gasteiger partial charge in [-0.15, -0.1) is 0 Å². The predicted octanol–water partition coefficient (Wildman–Crippen LogP) is 2.52. The van der Waals surface area contributed by atoms with E-state index >= 15 is 0 Å². The van der Waals surface area contributed by atoms with Gasteiger partial charge in [-0.1, -0.05) is 0 Å². The molecule has 0 radical (unpaired) electrons. The van der Waals surface area contributed by atoms with Gasteiger partial charge in [-0.25, -0.2) is 0 Å². The van der Waals surface area contributed by atoms with E-state index in [1.807, 2.05) is 26.8 Å². The molecule has 0 N–H and O–H groups in total. The summed E-state index contributed by atoms with van der Waals surface area (Å²) in [5.41, 5.74) is 2.14. The first-order chi connectivity index (χ1) is 8.47. The van der Waals surface area contributed by atoms with Crippen molar-refractivity contribution in [3.63, 3.8) is 0 Å². The maximum absolute atomic E-state index is 10.7. The first kappa shape index (κ1) is 12.8. The first-order valence-corrected chi connectivity index (χ1v) is 6.13. The van der Waals surface area contributed by atoms with Crippen molar-refractivity contribution in [2.75, 3.05) is 18.0 Å². The Morgan fingerprint density at radius 2 is 1.94 bits per heavy atom. The number of aryl methyl sites for hydroxylation is 1. The third-order valence-corrected chi connectivity index (χ3v) is 3.15. The Labute approximate surface area is 107 Å². The van der Waals surface area contributed by atoms with Crippen LogP contribution in [-0.2, 0) is 4.74 Å². The van der Waals surface area contributed by atoms with Crippen LogP contribution < -0.4 is 4.90 Å². The van der Waals surface area contributed by atoms with Crippen molar-refractivity contribution >= 4 is 11.4 Å². The molecule has 0 unspecified atom stereocenters. The Balaban J connectivity index is 2.25. The molecule has 1 aliphatic heterocycles. The highest BCUT2D eigenvalue weighted by Crippen LogP contribution is 2.27. The summed E-state index contributed by atoms with van der Waals surface area (Å²) in [6, 6.07) is 5.02. The lowest BCUT2D eigenvalue weighted by Crippen LogP contribution is -2.45. The second-order valence-corrected chi connectivity index (χ2v) is 4.89. The zero-order chi connectivity index (χ0) is 13.3. The number of rotatable bonds is 2. The normalized spacial score (nSPS) is 24.1. The van der Waals surface area contributed by atoms with Crippen molar-refractivity contribution in [2.45, 2.75) is 33.0 Å². The lowest BCUT2D eigenvalue weighted by Gasteiger charge is -2.37. The van der Waals surface area contributed by atoms with Gasteiger partial charge in [0.05, 0.1) is 17.1 Å². The molecular formula is C13H18N2O3. The van der Waals surface area contributed by atoms with Crippen molar-refractivity contribution < 1.29 is 9.66 Å². The topological polar surface area (TPSA) is 55.6 Å². The first-order valence-electron chi connectivity index (χ1n) is 6.13. The highest BCUT2D eigenvalue weighted by Gasteiger charge is 2.23. The van der Waals surface area contributed by atoms with E-state index in [1.165, 1.54) is 0 Å². The minimum atomic E-state index is -0.360. The molecule has 2 rings (SSSR count). The van der Waals surface area contributed by atoms with Gasteiger partial charge in [0.25, 0.3) is 5.69 Å². The van der Waals surface area contributed by atoms with Gasteiger partial charge in [0, 0.05) is 30.9 Å². The second kappa shape index (κ2) is 4.94. The average molecular weight is 250 g/mol. The van der Waals surface area contributed by atoms with Crippen molar-refractivity contribution in [1.82, 2.24) is 0 Å². The molecule has 1 aromatic rings. The Hall–Kier alpha value is -1.62. The zero-order valence-electron chi connectivity index (χ0n) is 10.9. The third-order valence-electron chi connectivity index (χ3n) is 3.15. The summed E-state index contributed by atoms with van der Waals surface area (Å²) >= 11 is 0. The largest absolute Gasteiger partial charge is 0.372 e. The fraction of sp³-hybridized carbons (Fsp3) is 0.538. The van der Waals surface area contributed by atoms with Crippen molar-refractivity contribution in [3.05, 3.63) is 33.9 Å². The van der Waals surface area contributed by atoms with Crippen molar-refractivity contribution in [1.29, 1.82) is 0 Å². The molecule has 1 saturated heterocycles. The average Bonchev–Trinajstić information content (AvgIpc) is 2.27. The predicted molar refractivity (Wildman–Crippen MR) is 70.1 cm³/mol. The van der Waals surface area contributed by atoms with E-state index in [-0.39, 0.29) is 22.8 Å². The summed E-state index contributed by atoms with van der Waals surface area (Å²) in [5.74, 6) is 0. The summed E-state index contributed by atoms with van der Waals surface area (Å²) in [5, 5.41) is 10.7. The molecule has 0 spiro atoms. The minimum Gasteiger partial charge on any atom is -0.372 e. The van der Waals surface area contributed by atoms with Crippen LogP contribution in [0.25, 0.3) is 0 Å². The summed E-state index contributed by atoms with van der Waals surface area (Å²) < 4.78 is 5.69. The van der Waals surface area contributed by atoms with Crippen LogP contribution in [0.2, 0.25) is 0 Å². The standard InChI is InChI=1S/C13H18N2O3/c1-9-6-12(15(16)17)4-5-13(9)14-7-10(2)18-11(3)8-14/h4-6,10-11H,7-8H2,1-3H3/t10-,11-/m0/s1. The minimum absolute atomic E-state index is 0.144. The van der Waals surface area contributed by atoms with Crippen LogP contribution in [0.5, 0.6) is 0 Å². The molecule has 0 aromatic heterocycles. The Morgan fingerprint density at radius 3 is 2.44 bits per heavy atom. The molecular weight excluding hydrogens is 232 g/mol. The monoisotopic (exact) mass is 250 g/mol. The van der Waals surface area contributed by atoms with E-state index in [2.05, 4.69) is 4.90 Å². The van der Waals surface area contributed by atoms with Crippen molar-refractivity contribution in [2.24, 2.45) is 0 Å². The van der Waals surface area contributed by atoms with Crippen LogP contribution in [0.3, 0.4) is 0 Å². The maximum atomic E-state index is 10.7. The molecule has 1 fully saturated rings. The number of nitro benzene ring substituents is 1. The molecule has 1 aromatic carbocycles. The van der Waals surface area contributed by atoms with Crippen LogP contribution >= 0.6 is 0 Å².